The molecule has 66 valence electrons. The van der Waals surface area contributed by atoms with Crippen molar-refractivity contribution in [3.8, 4) is 6.26 Å². The molecule has 0 radical (unpaired) electrons. The van der Waals surface area contributed by atoms with E-state index in [9.17, 15) is 0 Å². The SMILES string of the molecule is CO[Si](C)(OC)OC.N#CO. The molecule has 0 atom stereocenters. The van der Waals surface area contributed by atoms with E-state index >= 15 is 0 Å². The average Bonchev–Trinajstić information content (AvgIpc) is 2.05. The predicted molar refractivity (Wildman–Crippen MR) is 40.2 cm³/mol. The molecule has 0 rings (SSSR count). The molecule has 0 spiro atoms. The molecule has 0 amide bonds. The molecule has 6 heteroatoms. The van der Waals surface area contributed by atoms with Crippen molar-refractivity contribution >= 4 is 8.80 Å². The van der Waals surface area contributed by atoms with Crippen LogP contribution >= 0.6 is 0 Å². The van der Waals surface area contributed by atoms with Gasteiger partial charge in [0.25, 0.3) is 6.26 Å². The summed E-state index contributed by atoms with van der Waals surface area (Å²) in [6.07, 6.45) is 0.750. The summed E-state index contributed by atoms with van der Waals surface area (Å²) in [6.45, 7) is 1.83. The Balaban J connectivity index is 0. The van der Waals surface area contributed by atoms with Gasteiger partial charge in [0.2, 0.25) is 0 Å². The Hall–Kier alpha value is -0.613. The molecule has 0 saturated heterocycles. The van der Waals surface area contributed by atoms with Gasteiger partial charge in [-0.05, 0) is 0 Å². The first-order valence-corrected chi connectivity index (χ1v) is 5.01. The Morgan fingerprint density at radius 3 is 1.36 bits per heavy atom. The summed E-state index contributed by atoms with van der Waals surface area (Å²) < 4.78 is 14.8. The molecular formula is C5H13NO4Si. The van der Waals surface area contributed by atoms with E-state index in [1.165, 1.54) is 0 Å². The number of hydrogen-bond donors (Lipinski definition) is 1. The summed E-state index contributed by atoms with van der Waals surface area (Å²) in [5.74, 6) is 0. The van der Waals surface area contributed by atoms with E-state index in [4.69, 9.17) is 23.6 Å². The highest BCUT2D eigenvalue weighted by molar-refractivity contribution is 6.58. The predicted octanol–water partition coefficient (Wildman–Crippen LogP) is 0.334. The lowest BCUT2D eigenvalue weighted by Gasteiger charge is -2.18. The molecule has 0 aromatic rings. The second-order valence-electron chi connectivity index (χ2n) is 1.57. The zero-order chi connectivity index (χ0) is 9.33. The lowest BCUT2D eigenvalue weighted by molar-refractivity contribution is 0.132. The minimum atomic E-state index is -2.17. The zero-order valence-corrected chi connectivity index (χ0v) is 8.12. The van der Waals surface area contributed by atoms with Crippen LogP contribution in [0.25, 0.3) is 0 Å². The van der Waals surface area contributed by atoms with Crippen LogP contribution in [0, 0.1) is 11.5 Å². The van der Waals surface area contributed by atoms with Gasteiger partial charge in [0, 0.05) is 27.9 Å². The Morgan fingerprint density at radius 1 is 1.18 bits per heavy atom. The van der Waals surface area contributed by atoms with Gasteiger partial charge in [0.05, 0.1) is 0 Å². The third-order valence-corrected chi connectivity index (χ3v) is 3.34. The summed E-state index contributed by atoms with van der Waals surface area (Å²) in [4.78, 5) is 0. The number of aliphatic hydroxyl groups excluding tert-OH is 1. The largest absolute Gasteiger partial charge is 0.496 e. The first-order chi connectivity index (χ1) is 5.10. The quantitative estimate of drug-likeness (QED) is 0.499. The van der Waals surface area contributed by atoms with Crippen LogP contribution in [0.1, 0.15) is 0 Å². The summed E-state index contributed by atoms with van der Waals surface area (Å²) in [5, 5.41) is 13.8. The van der Waals surface area contributed by atoms with Crippen molar-refractivity contribution in [2.75, 3.05) is 21.3 Å². The van der Waals surface area contributed by atoms with Crippen molar-refractivity contribution in [1.29, 1.82) is 5.26 Å². The molecule has 0 aromatic heterocycles. The van der Waals surface area contributed by atoms with Gasteiger partial charge in [0.1, 0.15) is 0 Å². The van der Waals surface area contributed by atoms with Gasteiger partial charge in [0.15, 0.2) is 0 Å². The fraction of sp³-hybridized carbons (Fsp3) is 0.800. The van der Waals surface area contributed by atoms with Crippen LogP contribution in [0.3, 0.4) is 0 Å². The Labute approximate surface area is 67.5 Å². The average molecular weight is 179 g/mol. The highest BCUT2D eigenvalue weighted by Crippen LogP contribution is 2.02. The fourth-order valence-corrected chi connectivity index (χ4v) is 0.750. The summed E-state index contributed by atoms with van der Waals surface area (Å²) in [5.41, 5.74) is 0. The lowest BCUT2D eigenvalue weighted by Crippen LogP contribution is -2.38. The standard InChI is InChI=1S/C4H12O3Si.CHNO/c1-5-8(4,6-2)7-3;2-1-3/h1-4H3;3H. The highest BCUT2D eigenvalue weighted by Gasteiger charge is 2.29. The maximum Gasteiger partial charge on any atom is 0.496 e. The van der Waals surface area contributed by atoms with Gasteiger partial charge in [-0.15, -0.1) is 0 Å². The van der Waals surface area contributed by atoms with E-state index in [2.05, 4.69) is 0 Å². The van der Waals surface area contributed by atoms with Crippen molar-refractivity contribution in [1.82, 2.24) is 0 Å². The Bertz CT molecular complexity index is 112. The molecule has 1 N–H and O–H groups in total. The second-order valence-corrected chi connectivity index (χ2v) is 4.52. The third kappa shape index (κ3) is 7.28. The van der Waals surface area contributed by atoms with Crippen LogP contribution in [0.5, 0.6) is 0 Å². The molecule has 0 aromatic carbocycles. The van der Waals surface area contributed by atoms with Crippen LogP contribution < -0.4 is 0 Å². The van der Waals surface area contributed by atoms with Gasteiger partial charge >= 0.3 is 8.80 Å². The third-order valence-electron chi connectivity index (χ3n) is 1.11. The molecule has 0 aliphatic carbocycles. The number of aliphatic hydroxyl groups is 1. The maximum absolute atomic E-state index is 6.88. The van der Waals surface area contributed by atoms with Crippen LogP contribution in [0.15, 0.2) is 0 Å². The highest BCUT2D eigenvalue weighted by atomic mass is 28.4. The first-order valence-electron chi connectivity index (χ1n) is 2.78. The lowest BCUT2D eigenvalue weighted by atomic mass is 11.6. The van der Waals surface area contributed by atoms with Gasteiger partial charge in [-0.25, -0.2) is 0 Å². The number of nitrogens with zero attached hydrogens (tertiary/aromatic N) is 1. The zero-order valence-electron chi connectivity index (χ0n) is 7.12. The minimum Gasteiger partial charge on any atom is -0.443 e. The van der Waals surface area contributed by atoms with Gasteiger partial charge < -0.3 is 18.4 Å². The molecule has 0 saturated carbocycles. The molecule has 0 aliphatic rings. The van der Waals surface area contributed by atoms with E-state index in [-0.39, 0.29) is 0 Å². The molecule has 5 nitrogen and oxygen atoms in total. The van der Waals surface area contributed by atoms with E-state index in [1.807, 2.05) is 6.55 Å². The Morgan fingerprint density at radius 2 is 1.36 bits per heavy atom. The number of hydrogen-bond acceptors (Lipinski definition) is 5. The summed E-state index contributed by atoms with van der Waals surface area (Å²) in [6, 6.07) is 0. The van der Waals surface area contributed by atoms with Gasteiger partial charge in [-0.3, -0.25) is 0 Å². The van der Waals surface area contributed by atoms with E-state index < -0.39 is 8.80 Å². The monoisotopic (exact) mass is 179 g/mol. The van der Waals surface area contributed by atoms with Crippen LogP contribution in [-0.4, -0.2) is 35.2 Å². The van der Waals surface area contributed by atoms with Crippen LogP contribution in [0.4, 0.5) is 0 Å². The van der Waals surface area contributed by atoms with Crippen molar-refractivity contribution in [2.45, 2.75) is 6.55 Å². The topological polar surface area (TPSA) is 71.7 Å². The van der Waals surface area contributed by atoms with Crippen molar-refractivity contribution in [3.63, 3.8) is 0 Å². The fourth-order valence-electron chi connectivity index (χ4n) is 0.250. The van der Waals surface area contributed by atoms with Gasteiger partial charge in [-0.2, -0.15) is 5.26 Å². The molecule has 0 heterocycles. The molecule has 0 fully saturated rings. The van der Waals surface area contributed by atoms with E-state index in [0.717, 1.165) is 6.26 Å². The Kier molecular flexibility index (Phi) is 8.86. The molecule has 0 bridgehead atoms. The summed E-state index contributed by atoms with van der Waals surface area (Å²) in [7, 11) is 2.58. The summed E-state index contributed by atoms with van der Waals surface area (Å²) >= 11 is 0. The normalized spacial score (nSPS) is 9.36. The van der Waals surface area contributed by atoms with Crippen molar-refractivity contribution in [2.24, 2.45) is 0 Å². The smallest absolute Gasteiger partial charge is 0.443 e. The second kappa shape index (κ2) is 7.49. The van der Waals surface area contributed by atoms with Gasteiger partial charge in [-0.1, -0.05) is 0 Å². The molecule has 0 aliphatic heterocycles. The molecule has 11 heavy (non-hydrogen) atoms. The van der Waals surface area contributed by atoms with Crippen LogP contribution in [-0.2, 0) is 13.3 Å². The van der Waals surface area contributed by atoms with Crippen molar-refractivity contribution < 1.29 is 18.4 Å². The minimum absolute atomic E-state index is 0.750. The maximum atomic E-state index is 6.88. The molecular weight excluding hydrogens is 166 g/mol. The van der Waals surface area contributed by atoms with Crippen LogP contribution in [0.2, 0.25) is 6.55 Å². The molecule has 0 unspecified atom stereocenters. The number of rotatable bonds is 3. The number of nitriles is 1. The van der Waals surface area contributed by atoms with E-state index in [1.54, 1.807) is 21.3 Å². The van der Waals surface area contributed by atoms with Crippen molar-refractivity contribution in [3.05, 3.63) is 0 Å². The van der Waals surface area contributed by atoms with E-state index in [0.29, 0.717) is 0 Å². The first kappa shape index (κ1) is 13.0.